The van der Waals surface area contributed by atoms with E-state index in [1.807, 2.05) is 37.3 Å². The molecule has 2 N–H and O–H groups in total. The van der Waals surface area contributed by atoms with Crippen LogP contribution in [0.3, 0.4) is 0 Å². The molecule has 4 heteroatoms. The van der Waals surface area contributed by atoms with E-state index in [9.17, 15) is 4.79 Å². The van der Waals surface area contributed by atoms with Crippen LogP contribution in [0.15, 0.2) is 30.3 Å². The minimum atomic E-state index is -0.0672. The van der Waals surface area contributed by atoms with Crippen molar-refractivity contribution in [1.29, 1.82) is 5.26 Å². The first-order valence-corrected chi connectivity index (χ1v) is 6.64. The Balaban J connectivity index is 2.79. The van der Waals surface area contributed by atoms with Crippen LogP contribution in [-0.2, 0) is 4.79 Å². The Labute approximate surface area is 114 Å². The maximum atomic E-state index is 12.4. The average molecular weight is 259 g/mol. The summed E-state index contributed by atoms with van der Waals surface area (Å²) in [7, 11) is 0. The molecule has 1 amide bonds. The molecule has 4 nitrogen and oxygen atoms in total. The van der Waals surface area contributed by atoms with Gasteiger partial charge in [0.25, 0.3) is 0 Å². The van der Waals surface area contributed by atoms with Crippen molar-refractivity contribution in [3.8, 4) is 6.07 Å². The predicted octanol–water partition coefficient (Wildman–Crippen LogP) is 2.31. The van der Waals surface area contributed by atoms with Gasteiger partial charge in [-0.1, -0.05) is 25.1 Å². The van der Waals surface area contributed by atoms with E-state index < -0.39 is 0 Å². The van der Waals surface area contributed by atoms with E-state index >= 15 is 0 Å². The highest BCUT2D eigenvalue weighted by atomic mass is 16.2. The van der Waals surface area contributed by atoms with E-state index in [1.165, 1.54) is 0 Å². The number of nitriles is 1. The topological polar surface area (TPSA) is 70.1 Å². The van der Waals surface area contributed by atoms with Gasteiger partial charge in [-0.3, -0.25) is 4.79 Å². The van der Waals surface area contributed by atoms with Crippen LogP contribution in [-0.4, -0.2) is 19.0 Å². The van der Waals surface area contributed by atoms with Crippen molar-refractivity contribution in [1.82, 2.24) is 0 Å². The van der Waals surface area contributed by atoms with Gasteiger partial charge in [-0.2, -0.15) is 5.26 Å². The first kappa shape index (κ1) is 15.2. The van der Waals surface area contributed by atoms with Crippen molar-refractivity contribution in [2.75, 3.05) is 18.0 Å². The number of amides is 1. The van der Waals surface area contributed by atoms with Crippen LogP contribution >= 0.6 is 0 Å². The summed E-state index contributed by atoms with van der Waals surface area (Å²) in [6.07, 6.45) is 1.96. The Kier molecular flexibility index (Phi) is 6.62. The van der Waals surface area contributed by atoms with Crippen LogP contribution in [0, 0.1) is 17.2 Å². The molecule has 0 aliphatic carbocycles. The number of hydrogen-bond acceptors (Lipinski definition) is 3. The van der Waals surface area contributed by atoms with Crippen LogP contribution in [0.5, 0.6) is 0 Å². The maximum Gasteiger partial charge on any atom is 0.229 e. The summed E-state index contributed by atoms with van der Waals surface area (Å²) in [4.78, 5) is 14.1. The molecule has 102 valence electrons. The fourth-order valence-corrected chi connectivity index (χ4v) is 1.95. The fourth-order valence-electron chi connectivity index (χ4n) is 1.95. The second-order valence-electron chi connectivity index (χ2n) is 4.57. The summed E-state index contributed by atoms with van der Waals surface area (Å²) in [6, 6.07) is 11.6. The molecule has 1 aromatic rings. The Morgan fingerprint density at radius 3 is 2.68 bits per heavy atom. The van der Waals surface area contributed by atoms with Crippen molar-refractivity contribution in [2.45, 2.75) is 26.2 Å². The standard InChI is InChI=1S/C15H21N3O/c1-13(7-5-10-16)15(19)18(12-6-11-17)14-8-3-2-4-9-14/h2-4,8-9,13H,5-7,10,12,16H2,1H3. The second kappa shape index (κ2) is 8.28. The van der Waals surface area contributed by atoms with Gasteiger partial charge in [-0.05, 0) is 31.5 Å². The molecule has 0 aromatic heterocycles. The van der Waals surface area contributed by atoms with E-state index in [0.29, 0.717) is 19.5 Å². The van der Waals surface area contributed by atoms with Crippen LogP contribution in [0.1, 0.15) is 26.2 Å². The molecule has 0 fully saturated rings. The molecule has 1 atom stereocenters. The van der Waals surface area contributed by atoms with Crippen LogP contribution < -0.4 is 10.6 Å². The molecular weight excluding hydrogens is 238 g/mol. The lowest BCUT2D eigenvalue weighted by atomic mass is 10.0. The van der Waals surface area contributed by atoms with Crippen LogP contribution in [0.25, 0.3) is 0 Å². The molecule has 1 unspecified atom stereocenters. The van der Waals surface area contributed by atoms with Gasteiger partial charge in [0.15, 0.2) is 0 Å². The van der Waals surface area contributed by atoms with Crippen molar-refractivity contribution in [3.63, 3.8) is 0 Å². The summed E-state index contributed by atoms with van der Waals surface area (Å²) in [5.41, 5.74) is 6.33. The molecule has 0 saturated carbocycles. The Bertz CT molecular complexity index is 425. The normalized spacial score (nSPS) is 11.6. The molecule has 0 bridgehead atoms. The van der Waals surface area contributed by atoms with Gasteiger partial charge >= 0.3 is 0 Å². The monoisotopic (exact) mass is 259 g/mol. The summed E-state index contributed by atoms with van der Waals surface area (Å²) in [5.74, 6) is -0.00245. The fraction of sp³-hybridized carbons (Fsp3) is 0.467. The Morgan fingerprint density at radius 1 is 1.42 bits per heavy atom. The number of carbonyl (C=O) groups excluding carboxylic acids is 1. The zero-order valence-corrected chi connectivity index (χ0v) is 11.4. The van der Waals surface area contributed by atoms with E-state index in [4.69, 9.17) is 11.0 Å². The lowest BCUT2D eigenvalue weighted by Gasteiger charge is -2.25. The Morgan fingerprint density at radius 2 is 2.11 bits per heavy atom. The van der Waals surface area contributed by atoms with Gasteiger partial charge in [-0.25, -0.2) is 0 Å². The largest absolute Gasteiger partial charge is 0.330 e. The summed E-state index contributed by atoms with van der Waals surface area (Å²) in [5, 5.41) is 8.72. The highest BCUT2D eigenvalue weighted by molar-refractivity contribution is 5.94. The number of anilines is 1. The quantitative estimate of drug-likeness (QED) is 0.816. The van der Waals surface area contributed by atoms with Crippen molar-refractivity contribution < 1.29 is 4.79 Å². The molecule has 19 heavy (non-hydrogen) atoms. The van der Waals surface area contributed by atoms with Gasteiger partial charge in [0, 0.05) is 18.2 Å². The van der Waals surface area contributed by atoms with Gasteiger partial charge in [0.2, 0.25) is 5.91 Å². The van der Waals surface area contributed by atoms with E-state index in [0.717, 1.165) is 18.5 Å². The summed E-state index contributed by atoms with van der Waals surface area (Å²) >= 11 is 0. The van der Waals surface area contributed by atoms with Gasteiger partial charge in [0.05, 0.1) is 12.5 Å². The summed E-state index contributed by atoms with van der Waals surface area (Å²) < 4.78 is 0. The van der Waals surface area contributed by atoms with Gasteiger partial charge in [-0.15, -0.1) is 0 Å². The molecule has 1 aromatic carbocycles. The average Bonchev–Trinajstić information content (AvgIpc) is 2.46. The third kappa shape index (κ3) is 4.72. The van der Waals surface area contributed by atoms with E-state index in [-0.39, 0.29) is 11.8 Å². The third-order valence-corrected chi connectivity index (χ3v) is 3.04. The highest BCUT2D eigenvalue weighted by Gasteiger charge is 2.21. The third-order valence-electron chi connectivity index (χ3n) is 3.04. The smallest absolute Gasteiger partial charge is 0.229 e. The number of nitrogens with zero attached hydrogens (tertiary/aromatic N) is 2. The molecule has 0 aliphatic heterocycles. The van der Waals surface area contributed by atoms with Crippen LogP contribution in [0.2, 0.25) is 0 Å². The molecular formula is C15H21N3O. The number of nitrogens with two attached hydrogens (primary N) is 1. The second-order valence-corrected chi connectivity index (χ2v) is 4.57. The van der Waals surface area contributed by atoms with E-state index in [1.54, 1.807) is 4.90 Å². The minimum Gasteiger partial charge on any atom is -0.330 e. The number of carbonyl (C=O) groups is 1. The summed E-state index contributed by atoms with van der Waals surface area (Å²) in [6.45, 7) is 2.95. The van der Waals surface area contributed by atoms with Crippen LogP contribution in [0.4, 0.5) is 5.69 Å². The molecule has 0 spiro atoms. The number of benzene rings is 1. The SMILES string of the molecule is CC(CCCN)C(=O)N(CCC#N)c1ccccc1. The molecule has 0 heterocycles. The van der Waals surface area contributed by atoms with Gasteiger partial charge < -0.3 is 10.6 Å². The molecule has 1 rings (SSSR count). The minimum absolute atomic E-state index is 0.0647. The zero-order valence-electron chi connectivity index (χ0n) is 11.4. The lowest BCUT2D eigenvalue weighted by molar-refractivity contribution is -0.122. The first-order chi connectivity index (χ1) is 9.20. The highest BCUT2D eigenvalue weighted by Crippen LogP contribution is 2.18. The maximum absolute atomic E-state index is 12.4. The van der Waals surface area contributed by atoms with E-state index in [2.05, 4.69) is 6.07 Å². The van der Waals surface area contributed by atoms with Crippen molar-refractivity contribution in [3.05, 3.63) is 30.3 Å². The lowest BCUT2D eigenvalue weighted by Crippen LogP contribution is -2.36. The van der Waals surface area contributed by atoms with Crippen molar-refractivity contribution in [2.24, 2.45) is 11.7 Å². The molecule has 0 aliphatic rings. The number of para-hydroxylation sites is 1. The number of hydrogen-bond donors (Lipinski definition) is 1. The van der Waals surface area contributed by atoms with Crippen molar-refractivity contribution >= 4 is 11.6 Å². The molecule has 0 radical (unpaired) electrons. The zero-order chi connectivity index (χ0) is 14.1. The Hall–Kier alpha value is -1.86. The van der Waals surface area contributed by atoms with Gasteiger partial charge in [0.1, 0.15) is 0 Å². The molecule has 0 saturated heterocycles. The number of rotatable bonds is 7. The predicted molar refractivity (Wildman–Crippen MR) is 76.5 cm³/mol. The first-order valence-electron chi connectivity index (χ1n) is 6.64.